The molecule has 4 rings (SSSR count). The van der Waals surface area contributed by atoms with Crippen LogP contribution < -0.4 is 5.32 Å². The van der Waals surface area contributed by atoms with Gasteiger partial charge in [-0.2, -0.15) is 13.2 Å². The average Bonchev–Trinajstić information content (AvgIpc) is 3.65. The fourth-order valence-corrected chi connectivity index (χ4v) is 5.00. The molecule has 1 aliphatic heterocycles. The van der Waals surface area contributed by atoms with E-state index in [1.165, 1.54) is 41.0 Å². The van der Waals surface area contributed by atoms with Crippen LogP contribution >= 0.6 is 0 Å². The predicted octanol–water partition coefficient (Wildman–Crippen LogP) is 5.04. The Hall–Kier alpha value is -2.58. The Labute approximate surface area is 212 Å². The van der Waals surface area contributed by atoms with E-state index in [9.17, 15) is 18.0 Å². The van der Waals surface area contributed by atoms with Gasteiger partial charge in [0.15, 0.2) is 0 Å². The Bertz CT molecular complexity index is 1050. The number of alkyl halides is 3. The summed E-state index contributed by atoms with van der Waals surface area (Å²) in [6.45, 7) is 5.27. The lowest BCUT2D eigenvalue weighted by molar-refractivity contribution is -0.139. The van der Waals surface area contributed by atoms with Gasteiger partial charge in [0, 0.05) is 44.5 Å². The van der Waals surface area contributed by atoms with Gasteiger partial charge in [0.25, 0.3) is 0 Å². The third-order valence-corrected chi connectivity index (χ3v) is 7.33. The van der Waals surface area contributed by atoms with Crippen LogP contribution in [0.4, 0.5) is 18.9 Å². The number of hydrogen-bond acceptors (Lipinski definition) is 4. The highest BCUT2D eigenvalue weighted by Crippen LogP contribution is 2.38. The van der Waals surface area contributed by atoms with Gasteiger partial charge in [-0.3, -0.25) is 9.69 Å². The van der Waals surface area contributed by atoms with Crippen molar-refractivity contribution in [3.63, 3.8) is 0 Å². The molecule has 0 spiro atoms. The van der Waals surface area contributed by atoms with Crippen molar-refractivity contribution < 1.29 is 18.0 Å². The molecular formula is C28H37F3N4O. The number of anilines is 1. The molecule has 1 fully saturated rings. The smallest absolute Gasteiger partial charge is 0.376 e. The largest absolute Gasteiger partial charge is 0.416 e. The Balaban J connectivity index is 1.46. The number of likely N-dealkylation sites (N-methyl/N-ethyl adjacent to an activating group) is 1. The van der Waals surface area contributed by atoms with Crippen LogP contribution in [0.25, 0.3) is 0 Å². The molecule has 2 aromatic carbocycles. The Morgan fingerprint density at radius 3 is 2.53 bits per heavy atom. The molecule has 0 aromatic heterocycles. The van der Waals surface area contributed by atoms with E-state index in [1.807, 2.05) is 31.1 Å². The van der Waals surface area contributed by atoms with Crippen molar-refractivity contribution in [2.45, 2.75) is 44.9 Å². The minimum Gasteiger partial charge on any atom is -0.376 e. The standard InChI is InChI=1S/C28H37F3N4O/c1-20-23-8-6-10-26(24(23)13-14-34(20)18-21-11-12-21)32-17-27(36)35(16-15-33(2)3)19-22-7-4-5-9-25(22)28(29,30)31/h4-10,20-21,32H,11-19H2,1-3H3/t20-/m0/s1. The first-order valence-corrected chi connectivity index (χ1v) is 12.8. The molecule has 1 heterocycles. The van der Waals surface area contributed by atoms with E-state index >= 15 is 0 Å². The quantitative estimate of drug-likeness (QED) is 0.494. The summed E-state index contributed by atoms with van der Waals surface area (Å²) in [4.78, 5) is 19.3. The molecule has 8 heteroatoms. The normalized spacial score (nSPS) is 18.2. The molecular weight excluding hydrogens is 465 g/mol. The predicted molar refractivity (Wildman–Crippen MR) is 137 cm³/mol. The molecule has 0 bridgehead atoms. The van der Waals surface area contributed by atoms with Crippen molar-refractivity contribution in [1.82, 2.24) is 14.7 Å². The van der Waals surface area contributed by atoms with Crippen LogP contribution in [0.15, 0.2) is 42.5 Å². The van der Waals surface area contributed by atoms with Gasteiger partial charge >= 0.3 is 6.18 Å². The number of nitrogens with one attached hydrogen (secondary N) is 1. The van der Waals surface area contributed by atoms with E-state index in [0.29, 0.717) is 19.1 Å². The maximum atomic E-state index is 13.5. The zero-order chi connectivity index (χ0) is 25.9. The number of carbonyl (C=O) groups excluding carboxylic acids is 1. The fraction of sp³-hybridized carbons (Fsp3) is 0.536. The summed E-state index contributed by atoms with van der Waals surface area (Å²) >= 11 is 0. The van der Waals surface area contributed by atoms with Crippen molar-refractivity contribution in [1.29, 1.82) is 0 Å². The number of nitrogens with zero attached hydrogens (tertiary/aromatic N) is 3. The van der Waals surface area contributed by atoms with Crippen molar-refractivity contribution in [2.24, 2.45) is 5.92 Å². The summed E-state index contributed by atoms with van der Waals surface area (Å²) in [5.74, 6) is 0.620. The maximum absolute atomic E-state index is 13.5. The summed E-state index contributed by atoms with van der Waals surface area (Å²) in [6.07, 6.45) is -0.875. The van der Waals surface area contributed by atoms with Gasteiger partial charge in [-0.25, -0.2) is 0 Å². The minimum absolute atomic E-state index is 0.0399. The van der Waals surface area contributed by atoms with E-state index in [1.54, 1.807) is 6.07 Å². The molecule has 196 valence electrons. The van der Waals surface area contributed by atoms with E-state index in [4.69, 9.17) is 0 Å². The number of amides is 1. The molecule has 1 aliphatic carbocycles. The van der Waals surface area contributed by atoms with Gasteiger partial charge in [0.2, 0.25) is 5.91 Å². The highest BCUT2D eigenvalue weighted by molar-refractivity contribution is 5.81. The fourth-order valence-electron chi connectivity index (χ4n) is 5.00. The van der Waals surface area contributed by atoms with Crippen LogP contribution in [0.1, 0.15) is 48.1 Å². The number of halogens is 3. The van der Waals surface area contributed by atoms with Crippen LogP contribution in [0.5, 0.6) is 0 Å². The van der Waals surface area contributed by atoms with Gasteiger partial charge < -0.3 is 15.1 Å². The molecule has 0 saturated heterocycles. The zero-order valence-corrected chi connectivity index (χ0v) is 21.4. The van der Waals surface area contributed by atoms with Crippen LogP contribution in [0, 0.1) is 5.92 Å². The minimum atomic E-state index is -4.46. The number of hydrogen-bond donors (Lipinski definition) is 1. The second-order valence-electron chi connectivity index (χ2n) is 10.4. The third-order valence-electron chi connectivity index (χ3n) is 7.33. The van der Waals surface area contributed by atoms with Crippen LogP contribution in [-0.2, 0) is 23.9 Å². The van der Waals surface area contributed by atoms with E-state index in [0.717, 1.165) is 37.2 Å². The molecule has 5 nitrogen and oxygen atoms in total. The number of carbonyl (C=O) groups is 1. The molecule has 1 N–H and O–H groups in total. The lowest BCUT2D eigenvalue weighted by atomic mass is 9.92. The lowest BCUT2D eigenvalue weighted by Gasteiger charge is -2.36. The second-order valence-corrected chi connectivity index (χ2v) is 10.4. The summed E-state index contributed by atoms with van der Waals surface area (Å²) in [7, 11) is 3.77. The highest BCUT2D eigenvalue weighted by atomic mass is 19.4. The number of benzene rings is 2. The summed E-state index contributed by atoms with van der Waals surface area (Å²) in [5.41, 5.74) is 2.90. The summed E-state index contributed by atoms with van der Waals surface area (Å²) < 4.78 is 40.6. The molecule has 2 aromatic rings. The molecule has 1 saturated carbocycles. The molecule has 0 radical (unpaired) electrons. The van der Waals surface area contributed by atoms with Crippen molar-refractivity contribution in [3.05, 3.63) is 64.7 Å². The van der Waals surface area contributed by atoms with Crippen molar-refractivity contribution >= 4 is 11.6 Å². The maximum Gasteiger partial charge on any atom is 0.416 e. The highest BCUT2D eigenvalue weighted by Gasteiger charge is 2.34. The lowest BCUT2D eigenvalue weighted by Crippen LogP contribution is -2.40. The third kappa shape index (κ3) is 6.59. The summed E-state index contributed by atoms with van der Waals surface area (Å²) in [5, 5.41) is 3.31. The first-order chi connectivity index (χ1) is 17.1. The summed E-state index contributed by atoms with van der Waals surface area (Å²) in [6, 6.07) is 12.0. The number of rotatable bonds is 10. The SMILES string of the molecule is C[C@H]1c2cccc(NCC(=O)N(CCN(C)C)Cc3ccccc3C(F)(F)F)c2CCN1CC1CC1. The zero-order valence-electron chi connectivity index (χ0n) is 21.4. The monoisotopic (exact) mass is 502 g/mol. The van der Waals surface area contributed by atoms with Crippen molar-refractivity contribution in [3.8, 4) is 0 Å². The Kier molecular flexibility index (Phi) is 8.25. The molecule has 1 amide bonds. The number of fused-ring (bicyclic) bond motifs is 1. The first-order valence-electron chi connectivity index (χ1n) is 12.8. The van der Waals surface area contributed by atoms with Gasteiger partial charge in [0.1, 0.15) is 0 Å². The van der Waals surface area contributed by atoms with Crippen LogP contribution in [-0.4, -0.2) is 67.4 Å². The Morgan fingerprint density at radius 1 is 1.08 bits per heavy atom. The van der Waals surface area contributed by atoms with Gasteiger partial charge in [-0.1, -0.05) is 30.3 Å². The molecule has 36 heavy (non-hydrogen) atoms. The van der Waals surface area contributed by atoms with E-state index in [2.05, 4.69) is 23.2 Å². The molecule has 0 unspecified atom stereocenters. The van der Waals surface area contributed by atoms with E-state index in [-0.39, 0.29) is 24.6 Å². The average molecular weight is 503 g/mol. The molecule has 2 aliphatic rings. The van der Waals surface area contributed by atoms with Gasteiger partial charge in [-0.05, 0) is 75.0 Å². The first kappa shape index (κ1) is 26.5. The van der Waals surface area contributed by atoms with Crippen LogP contribution in [0.2, 0.25) is 0 Å². The van der Waals surface area contributed by atoms with Crippen LogP contribution in [0.3, 0.4) is 0 Å². The van der Waals surface area contributed by atoms with E-state index < -0.39 is 11.7 Å². The van der Waals surface area contributed by atoms with Gasteiger partial charge in [-0.15, -0.1) is 0 Å². The second kappa shape index (κ2) is 11.2. The van der Waals surface area contributed by atoms with Crippen molar-refractivity contribution in [2.75, 3.05) is 52.1 Å². The molecule has 1 atom stereocenters. The van der Waals surface area contributed by atoms with Gasteiger partial charge in [0.05, 0.1) is 12.1 Å². The topological polar surface area (TPSA) is 38.8 Å². The Morgan fingerprint density at radius 2 is 1.83 bits per heavy atom.